The van der Waals surface area contributed by atoms with Crippen molar-refractivity contribution < 1.29 is 29.6 Å². The SMILES string of the molecule is CC(C)(C)Cc1ccnc(-c2[c-]ccc3c2Oc2cccc4c2B3c2ccccc2O4)c1.Cc1c[c-]c(-c2cc(-c3ccc(C)c(C)c3)c(C)cn2)cc1.[Ir]. The van der Waals surface area contributed by atoms with Crippen molar-refractivity contribution in [2.75, 3.05) is 0 Å². The Labute approximate surface area is 339 Å². The fourth-order valence-corrected chi connectivity index (χ4v) is 7.42. The molecule has 275 valence electrons. The first kappa shape index (κ1) is 38.0. The largest absolute Gasteiger partial charge is 0.503 e. The summed E-state index contributed by atoms with van der Waals surface area (Å²) in [7, 11) is 0. The van der Waals surface area contributed by atoms with Gasteiger partial charge in [-0.25, -0.2) is 0 Å². The number of aryl methyl sites for hydroxylation is 4. The van der Waals surface area contributed by atoms with Gasteiger partial charge in [-0.05, 0) is 102 Å². The molecule has 6 heteroatoms. The summed E-state index contributed by atoms with van der Waals surface area (Å²) in [4.78, 5) is 9.27. The molecule has 2 aromatic heterocycles. The molecular weight excluding hydrogens is 852 g/mol. The minimum atomic E-state index is 0. The summed E-state index contributed by atoms with van der Waals surface area (Å²) in [5.74, 6) is 3.42. The van der Waals surface area contributed by atoms with Gasteiger partial charge < -0.3 is 19.4 Å². The Morgan fingerprint density at radius 3 is 2.22 bits per heavy atom. The number of hydrogen-bond acceptors (Lipinski definition) is 4. The van der Waals surface area contributed by atoms with Gasteiger partial charge in [-0.15, -0.1) is 59.1 Å². The van der Waals surface area contributed by atoms with Gasteiger partial charge in [-0.3, -0.25) is 0 Å². The molecule has 2 aliphatic rings. The fourth-order valence-electron chi connectivity index (χ4n) is 7.42. The van der Waals surface area contributed by atoms with E-state index in [9.17, 15) is 0 Å². The quantitative estimate of drug-likeness (QED) is 0.130. The van der Waals surface area contributed by atoms with Crippen molar-refractivity contribution in [1.82, 2.24) is 9.97 Å². The van der Waals surface area contributed by atoms with E-state index >= 15 is 0 Å². The van der Waals surface area contributed by atoms with Crippen molar-refractivity contribution in [2.45, 2.75) is 54.9 Å². The zero-order valence-electron chi connectivity index (χ0n) is 32.4. The molecule has 0 N–H and O–H groups in total. The van der Waals surface area contributed by atoms with Gasteiger partial charge in [0, 0.05) is 43.7 Å². The Hall–Kier alpha value is -5.29. The van der Waals surface area contributed by atoms with E-state index in [0.29, 0.717) is 0 Å². The van der Waals surface area contributed by atoms with Crippen LogP contribution < -0.4 is 25.9 Å². The summed E-state index contributed by atoms with van der Waals surface area (Å²) in [5.41, 5.74) is 16.2. The molecule has 0 saturated heterocycles. The average molecular weight is 895 g/mol. The van der Waals surface area contributed by atoms with Crippen LogP contribution in [-0.2, 0) is 26.5 Å². The molecule has 0 bridgehead atoms. The second-order valence-electron chi connectivity index (χ2n) is 15.7. The molecule has 1 radical (unpaired) electrons. The van der Waals surface area contributed by atoms with Crippen molar-refractivity contribution in [3.8, 4) is 56.6 Å². The predicted molar refractivity (Wildman–Crippen MR) is 222 cm³/mol. The van der Waals surface area contributed by atoms with Gasteiger partial charge in [0.2, 0.25) is 6.71 Å². The molecule has 4 nitrogen and oxygen atoms in total. The van der Waals surface area contributed by atoms with Gasteiger partial charge >= 0.3 is 0 Å². The molecule has 0 unspecified atom stereocenters. The number of hydrogen-bond donors (Lipinski definition) is 0. The van der Waals surface area contributed by atoms with Crippen LogP contribution in [0.15, 0.2) is 122 Å². The van der Waals surface area contributed by atoms with E-state index in [2.05, 4.69) is 132 Å². The number of pyridine rings is 2. The van der Waals surface area contributed by atoms with Gasteiger partial charge in [0.05, 0.1) is 0 Å². The molecule has 0 fully saturated rings. The number of para-hydroxylation sites is 1. The van der Waals surface area contributed by atoms with E-state index in [-0.39, 0.29) is 32.2 Å². The van der Waals surface area contributed by atoms with Crippen LogP contribution >= 0.6 is 0 Å². The summed E-state index contributed by atoms with van der Waals surface area (Å²) < 4.78 is 12.7. The monoisotopic (exact) mass is 895 g/mol. The number of benzene rings is 5. The normalized spacial score (nSPS) is 12.1. The van der Waals surface area contributed by atoms with Gasteiger partial charge in [-0.1, -0.05) is 93.4 Å². The first-order chi connectivity index (χ1) is 26.0. The zero-order valence-corrected chi connectivity index (χ0v) is 34.8. The molecule has 7 aromatic rings. The molecule has 9 rings (SSSR count). The van der Waals surface area contributed by atoms with Crippen molar-refractivity contribution in [3.63, 3.8) is 0 Å². The molecule has 2 aliphatic heterocycles. The van der Waals surface area contributed by atoms with E-state index < -0.39 is 0 Å². The van der Waals surface area contributed by atoms with E-state index in [1.807, 2.05) is 54.9 Å². The Bertz CT molecular complexity index is 2520. The molecule has 5 aromatic carbocycles. The van der Waals surface area contributed by atoms with Gasteiger partial charge in [0.15, 0.2) is 0 Å². The van der Waals surface area contributed by atoms with E-state index in [4.69, 9.17) is 14.5 Å². The van der Waals surface area contributed by atoms with E-state index in [1.54, 1.807) is 0 Å². The maximum Gasteiger partial charge on any atom is 0.241 e. The number of rotatable bonds is 4. The zero-order chi connectivity index (χ0) is 37.6. The van der Waals surface area contributed by atoms with Crippen molar-refractivity contribution in [3.05, 3.63) is 162 Å². The van der Waals surface area contributed by atoms with Crippen LogP contribution in [0.1, 0.15) is 48.6 Å². The molecule has 0 aliphatic carbocycles. The standard InChI is InChI=1S/C28H23BNO2.C21H20N.Ir/c1-28(2,3)17-18-14-15-30-22(16-18)19-8-6-10-21-27(19)32-25-13-7-12-24-26(25)29(21)20-9-4-5-11-23(20)31-24;1-14-5-8-18(9-6-14)21-12-20(17(4)13-22-21)19-10-7-15(2)16(3)11-19;/h4-7,9-16H,17H2,1-3H3;5-8,10-13H,1-4H3;/q2*-1;. The van der Waals surface area contributed by atoms with Crippen LogP contribution in [0.3, 0.4) is 0 Å². The smallest absolute Gasteiger partial charge is 0.241 e. The summed E-state index contributed by atoms with van der Waals surface area (Å²) in [6.45, 7) is 15.3. The van der Waals surface area contributed by atoms with Gasteiger partial charge in [0.25, 0.3) is 0 Å². The molecule has 0 spiro atoms. The predicted octanol–water partition coefficient (Wildman–Crippen LogP) is 10.3. The van der Waals surface area contributed by atoms with Crippen LogP contribution in [0.4, 0.5) is 0 Å². The third-order valence-electron chi connectivity index (χ3n) is 10.2. The molecule has 0 saturated carbocycles. The average Bonchev–Trinajstić information content (AvgIpc) is 3.16. The third-order valence-corrected chi connectivity index (χ3v) is 10.2. The van der Waals surface area contributed by atoms with E-state index in [1.165, 1.54) is 38.9 Å². The Kier molecular flexibility index (Phi) is 10.7. The summed E-state index contributed by atoms with van der Waals surface area (Å²) in [6, 6.07) is 44.4. The van der Waals surface area contributed by atoms with Crippen LogP contribution in [0.25, 0.3) is 33.6 Å². The maximum atomic E-state index is 6.51. The Morgan fingerprint density at radius 2 is 1.45 bits per heavy atom. The molecule has 0 amide bonds. The third kappa shape index (κ3) is 7.80. The summed E-state index contributed by atoms with van der Waals surface area (Å²) >= 11 is 0. The van der Waals surface area contributed by atoms with Crippen LogP contribution in [0.5, 0.6) is 23.0 Å². The van der Waals surface area contributed by atoms with E-state index in [0.717, 1.165) is 68.3 Å². The van der Waals surface area contributed by atoms with Crippen molar-refractivity contribution in [2.24, 2.45) is 5.41 Å². The Balaban J connectivity index is 0.000000178. The second kappa shape index (κ2) is 15.5. The molecular formula is C49H43BIrN2O2-2. The first-order valence-electron chi connectivity index (χ1n) is 18.6. The number of ether oxygens (including phenoxy) is 2. The summed E-state index contributed by atoms with van der Waals surface area (Å²) in [6.07, 6.45) is 4.83. The number of nitrogens with zero attached hydrogens (tertiary/aromatic N) is 2. The summed E-state index contributed by atoms with van der Waals surface area (Å²) in [5, 5.41) is 0. The molecule has 4 heterocycles. The maximum absolute atomic E-state index is 6.51. The Morgan fingerprint density at radius 1 is 0.673 bits per heavy atom. The molecule has 55 heavy (non-hydrogen) atoms. The van der Waals surface area contributed by atoms with Crippen LogP contribution in [0.2, 0.25) is 0 Å². The van der Waals surface area contributed by atoms with Crippen LogP contribution in [-0.4, -0.2) is 16.7 Å². The van der Waals surface area contributed by atoms with Gasteiger partial charge in [-0.2, -0.15) is 0 Å². The fraction of sp³-hybridized carbons (Fsp3) is 0.184. The minimum absolute atomic E-state index is 0. The van der Waals surface area contributed by atoms with Gasteiger partial charge in [0.1, 0.15) is 17.2 Å². The van der Waals surface area contributed by atoms with Crippen LogP contribution in [0, 0.1) is 45.2 Å². The number of fused-ring (bicyclic) bond motifs is 4. The molecule has 0 atom stereocenters. The first-order valence-corrected chi connectivity index (χ1v) is 18.6. The topological polar surface area (TPSA) is 44.2 Å². The second-order valence-corrected chi connectivity index (χ2v) is 15.7. The van der Waals surface area contributed by atoms with Crippen molar-refractivity contribution in [1.29, 1.82) is 0 Å². The minimum Gasteiger partial charge on any atom is -0.503 e. The number of aromatic nitrogens is 2. The van der Waals surface area contributed by atoms with Crippen molar-refractivity contribution >= 4 is 23.1 Å².